The molecular formula is C16H14N2O3S2. The van der Waals surface area contributed by atoms with Crippen LogP contribution in [0.1, 0.15) is 6.92 Å². The number of hydrogen-bond acceptors (Lipinski definition) is 5. The summed E-state index contributed by atoms with van der Waals surface area (Å²) in [5, 5.41) is -0.312. The van der Waals surface area contributed by atoms with Crippen molar-refractivity contribution in [2.45, 2.75) is 17.1 Å². The Labute approximate surface area is 139 Å². The predicted molar refractivity (Wildman–Crippen MR) is 91.1 cm³/mol. The van der Waals surface area contributed by atoms with Gasteiger partial charge >= 0.3 is 0 Å². The van der Waals surface area contributed by atoms with Crippen molar-refractivity contribution in [3.8, 4) is 0 Å². The van der Waals surface area contributed by atoms with Gasteiger partial charge in [-0.2, -0.15) is 4.31 Å². The average Bonchev–Trinajstić information content (AvgIpc) is 2.84. The summed E-state index contributed by atoms with van der Waals surface area (Å²) in [4.78, 5) is 16.8. The van der Waals surface area contributed by atoms with Gasteiger partial charge in [0, 0.05) is 0 Å². The van der Waals surface area contributed by atoms with Crippen LogP contribution in [-0.4, -0.2) is 29.0 Å². The lowest BCUT2D eigenvalue weighted by atomic mass is 10.3. The highest BCUT2D eigenvalue weighted by Gasteiger charge is 2.43. The molecule has 1 aliphatic rings. The van der Waals surface area contributed by atoms with Gasteiger partial charge in [-0.15, -0.1) is 0 Å². The number of thioether (sulfide) groups is 1. The van der Waals surface area contributed by atoms with Gasteiger partial charge < -0.3 is 0 Å². The number of para-hydroxylation sites is 1. The first-order valence-corrected chi connectivity index (χ1v) is 9.27. The Balaban J connectivity index is 2.08. The fraction of sp³-hybridized carbons (Fsp3) is 0.125. The van der Waals surface area contributed by atoms with E-state index >= 15 is 0 Å². The molecule has 0 aliphatic carbocycles. The normalized spacial score (nSPS) is 20.2. The predicted octanol–water partition coefficient (Wildman–Crippen LogP) is 3.03. The van der Waals surface area contributed by atoms with Gasteiger partial charge in [-0.1, -0.05) is 48.2 Å². The Bertz CT molecular complexity index is 849. The minimum atomic E-state index is -3.96. The van der Waals surface area contributed by atoms with E-state index in [2.05, 4.69) is 4.99 Å². The Morgan fingerprint density at radius 3 is 2.17 bits per heavy atom. The highest BCUT2D eigenvalue weighted by Crippen LogP contribution is 2.33. The zero-order valence-corrected chi connectivity index (χ0v) is 13.9. The molecule has 2 aromatic carbocycles. The molecule has 1 aliphatic heterocycles. The van der Waals surface area contributed by atoms with E-state index in [1.807, 2.05) is 6.07 Å². The summed E-state index contributed by atoms with van der Waals surface area (Å²) in [5.41, 5.74) is 0.602. The molecule has 118 valence electrons. The minimum Gasteiger partial charge on any atom is -0.272 e. The first kappa shape index (κ1) is 15.8. The maximum absolute atomic E-state index is 12.8. The zero-order chi connectivity index (χ0) is 16.4. The van der Waals surface area contributed by atoms with Crippen molar-refractivity contribution in [3.63, 3.8) is 0 Å². The summed E-state index contributed by atoms with van der Waals surface area (Å²) in [6, 6.07) is 16.9. The van der Waals surface area contributed by atoms with Crippen molar-refractivity contribution in [2.75, 3.05) is 0 Å². The molecule has 0 aromatic heterocycles. The number of carbonyl (C=O) groups excluding carboxylic acids is 1. The van der Waals surface area contributed by atoms with Crippen LogP contribution in [0, 0.1) is 0 Å². The molecule has 0 radical (unpaired) electrons. The van der Waals surface area contributed by atoms with Gasteiger partial charge in [-0.25, -0.2) is 13.4 Å². The van der Waals surface area contributed by atoms with Gasteiger partial charge in [0.1, 0.15) is 0 Å². The van der Waals surface area contributed by atoms with Gasteiger partial charge in [0.2, 0.25) is 0 Å². The summed E-state index contributed by atoms with van der Waals surface area (Å²) in [6.45, 7) is 1.67. The molecule has 0 bridgehead atoms. The largest absolute Gasteiger partial charge is 0.272 e. The molecule has 1 saturated heterocycles. The molecule has 5 nitrogen and oxygen atoms in total. The Kier molecular flexibility index (Phi) is 4.23. The number of aliphatic imine (C=N–C) groups is 1. The zero-order valence-electron chi connectivity index (χ0n) is 12.3. The van der Waals surface area contributed by atoms with Gasteiger partial charge in [0.25, 0.3) is 15.9 Å². The number of carbonyl (C=O) groups is 1. The van der Waals surface area contributed by atoms with Crippen LogP contribution in [0.3, 0.4) is 0 Å². The van der Waals surface area contributed by atoms with Crippen molar-refractivity contribution in [2.24, 2.45) is 4.99 Å². The Morgan fingerprint density at radius 1 is 1.00 bits per heavy atom. The van der Waals surface area contributed by atoms with E-state index in [-0.39, 0.29) is 10.1 Å². The third-order valence-electron chi connectivity index (χ3n) is 3.27. The average molecular weight is 346 g/mol. The first-order valence-electron chi connectivity index (χ1n) is 6.95. The molecule has 2 aromatic rings. The summed E-state index contributed by atoms with van der Waals surface area (Å²) >= 11 is 1.15. The van der Waals surface area contributed by atoms with E-state index in [0.29, 0.717) is 5.69 Å². The fourth-order valence-corrected chi connectivity index (χ4v) is 4.83. The van der Waals surface area contributed by atoms with Crippen molar-refractivity contribution < 1.29 is 13.2 Å². The molecule has 23 heavy (non-hydrogen) atoms. The Hall–Kier alpha value is -2.12. The topological polar surface area (TPSA) is 66.8 Å². The van der Waals surface area contributed by atoms with E-state index in [4.69, 9.17) is 0 Å². The van der Waals surface area contributed by atoms with Crippen molar-refractivity contribution >= 4 is 38.5 Å². The SMILES string of the molecule is C[C@@H]1SC(=Nc2ccccc2)N(S(=O)(=O)c2ccccc2)C1=O. The third kappa shape index (κ3) is 3.02. The number of hydrogen-bond donors (Lipinski definition) is 0. The van der Waals surface area contributed by atoms with Crippen LogP contribution in [0.25, 0.3) is 0 Å². The summed E-state index contributed by atoms with van der Waals surface area (Å²) in [5.74, 6) is -0.478. The van der Waals surface area contributed by atoms with Crippen molar-refractivity contribution in [1.82, 2.24) is 4.31 Å². The maximum atomic E-state index is 12.8. The van der Waals surface area contributed by atoms with Gasteiger partial charge in [0.15, 0.2) is 5.17 Å². The molecule has 3 rings (SSSR count). The number of nitrogens with zero attached hydrogens (tertiary/aromatic N) is 2. The second kappa shape index (κ2) is 6.17. The standard InChI is InChI=1S/C16H14N2O3S2/c1-12-15(19)18(23(20,21)14-10-6-3-7-11-14)16(22-12)17-13-8-4-2-5-9-13/h2-12H,1H3/t12-/m0/s1. The summed E-state index contributed by atoms with van der Waals surface area (Å²) in [6.07, 6.45) is 0. The number of amidine groups is 1. The molecule has 1 heterocycles. The fourth-order valence-electron chi connectivity index (χ4n) is 2.12. The number of sulfonamides is 1. The smallest absolute Gasteiger partial charge is 0.272 e. The van der Waals surface area contributed by atoms with E-state index < -0.39 is 21.2 Å². The van der Waals surface area contributed by atoms with E-state index in [1.165, 1.54) is 12.1 Å². The van der Waals surface area contributed by atoms with Crippen LogP contribution in [0.4, 0.5) is 5.69 Å². The third-order valence-corrected chi connectivity index (χ3v) is 6.12. The lowest BCUT2D eigenvalue weighted by Gasteiger charge is -2.16. The second-order valence-electron chi connectivity index (χ2n) is 4.91. The minimum absolute atomic E-state index is 0.0730. The van der Waals surface area contributed by atoms with Crippen molar-refractivity contribution in [1.29, 1.82) is 0 Å². The van der Waals surface area contributed by atoms with Crippen LogP contribution in [-0.2, 0) is 14.8 Å². The monoisotopic (exact) mass is 346 g/mol. The molecule has 0 spiro atoms. The molecule has 1 atom stereocenters. The molecule has 7 heteroatoms. The van der Waals surface area contributed by atoms with Gasteiger partial charge in [-0.3, -0.25) is 4.79 Å². The molecular weight excluding hydrogens is 332 g/mol. The van der Waals surface area contributed by atoms with Crippen LogP contribution in [0.2, 0.25) is 0 Å². The molecule has 0 unspecified atom stereocenters. The van der Waals surface area contributed by atoms with Crippen molar-refractivity contribution in [3.05, 3.63) is 60.7 Å². The lowest BCUT2D eigenvalue weighted by Crippen LogP contribution is -2.37. The van der Waals surface area contributed by atoms with Gasteiger partial charge in [0.05, 0.1) is 15.8 Å². The van der Waals surface area contributed by atoms with Crippen LogP contribution < -0.4 is 0 Å². The van der Waals surface area contributed by atoms with E-state index in [0.717, 1.165) is 16.1 Å². The number of benzene rings is 2. The molecule has 1 fully saturated rings. The molecule has 0 N–H and O–H groups in total. The van der Waals surface area contributed by atoms with Gasteiger partial charge in [-0.05, 0) is 31.2 Å². The lowest BCUT2D eigenvalue weighted by molar-refractivity contribution is -0.122. The molecule has 0 saturated carbocycles. The summed E-state index contributed by atoms with van der Waals surface area (Å²) in [7, 11) is -3.96. The quantitative estimate of drug-likeness (QED) is 0.857. The van der Waals surface area contributed by atoms with E-state index in [1.54, 1.807) is 49.4 Å². The summed E-state index contributed by atoms with van der Waals surface area (Å²) < 4.78 is 26.4. The molecule has 1 amide bonds. The highest BCUT2D eigenvalue weighted by atomic mass is 32.2. The Morgan fingerprint density at radius 2 is 1.57 bits per heavy atom. The van der Waals surface area contributed by atoms with Crippen LogP contribution in [0.15, 0.2) is 70.6 Å². The second-order valence-corrected chi connectivity index (χ2v) is 8.01. The highest BCUT2D eigenvalue weighted by molar-refractivity contribution is 8.17. The maximum Gasteiger partial charge on any atom is 0.272 e. The first-order chi connectivity index (χ1) is 11.0. The van der Waals surface area contributed by atoms with Crippen LogP contribution in [0.5, 0.6) is 0 Å². The number of rotatable bonds is 3. The van der Waals surface area contributed by atoms with Crippen LogP contribution >= 0.6 is 11.8 Å². The number of amides is 1. The van der Waals surface area contributed by atoms with E-state index in [9.17, 15) is 13.2 Å².